The Hall–Kier alpha value is -0.940. The van der Waals surface area contributed by atoms with Crippen LogP contribution in [0.15, 0.2) is 11.7 Å². The topological polar surface area (TPSA) is 53.4 Å². The number of carboxylic acid groups (broad SMARTS) is 1. The summed E-state index contributed by atoms with van der Waals surface area (Å²) < 4.78 is 0. The lowest BCUT2D eigenvalue weighted by Crippen LogP contribution is -2.22. The average Bonchev–Trinajstić information content (AvgIpc) is 2.75. The number of carbonyl (C=O) groups is 1. The summed E-state index contributed by atoms with van der Waals surface area (Å²) in [6, 6.07) is 0. The second kappa shape index (κ2) is 4.06. The van der Waals surface area contributed by atoms with Crippen molar-refractivity contribution < 1.29 is 9.90 Å². The van der Waals surface area contributed by atoms with Crippen LogP contribution in [-0.4, -0.2) is 34.0 Å². The van der Waals surface area contributed by atoms with E-state index in [2.05, 4.69) is 9.88 Å². The Labute approximate surface area is 86.2 Å². The van der Waals surface area contributed by atoms with Crippen LogP contribution in [0.2, 0.25) is 0 Å². The van der Waals surface area contributed by atoms with Crippen LogP contribution in [0.4, 0.5) is 0 Å². The van der Waals surface area contributed by atoms with Crippen molar-refractivity contribution in [3.8, 4) is 0 Å². The second-order valence-electron chi connectivity index (χ2n) is 3.53. The zero-order valence-electron chi connectivity index (χ0n) is 7.72. The molecule has 0 saturated carbocycles. The van der Waals surface area contributed by atoms with Crippen LogP contribution >= 0.6 is 11.3 Å². The van der Waals surface area contributed by atoms with Gasteiger partial charge in [0.2, 0.25) is 0 Å². The molecule has 1 atom stereocenters. The third-order valence-corrected chi connectivity index (χ3v) is 3.25. The molecular formula is C9H12N2O2S. The van der Waals surface area contributed by atoms with Crippen LogP contribution in [0.1, 0.15) is 11.3 Å². The highest BCUT2D eigenvalue weighted by Gasteiger charge is 2.27. The maximum atomic E-state index is 10.7. The maximum Gasteiger partial charge on any atom is 0.307 e. The van der Waals surface area contributed by atoms with E-state index in [1.165, 1.54) is 4.88 Å². The summed E-state index contributed by atoms with van der Waals surface area (Å²) in [5.74, 6) is -0.847. The molecule has 0 spiro atoms. The van der Waals surface area contributed by atoms with Crippen LogP contribution in [0.3, 0.4) is 0 Å². The molecule has 1 unspecified atom stereocenters. The molecule has 14 heavy (non-hydrogen) atoms. The first-order valence-electron chi connectivity index (χ1n) is 4.58. The predicted octanol–water partition coefficient (Wildman–Crippen LogP) is 1.05. The van der Waals surface area contributed by atoms with E-state index >= 15 is 0 Å². The van der Waals surface area contributed by atoms with Gasteiger partial charge in [-0.2, -0.15) is 0 Å². The van der Waals surface area contributed by atoms with E-state index in [1.54, 1.807) is 16.8 Å². The molecular weight excluding hydrogens is 200 g/mol. The molecule has 0 aromatic carbocycles. The lowest BCUT2D eigenvalue weighted by atomic mass is 10.1. The molecule has 0 bridgehead atoms. The van der Waals surface area contributed by atoms with Gasteiger partial charge in [0.1, 0.15) is 0 Å². The van der Waals surface area contributed by atoms with E-state index < -0.39 is 5.97 Å². The molecule has 1 N–H and O–H groups in total. The monoisotopic (exact) mass is 212 g/mol. The third kappa shape index (κ3) is 2.10. The molecule has 1 aliphatic heterocycles. The highest BCUT2D eigenvalue weighted by Crippen LogP contribution is 2.19. The number of aliphatic carboxylic acids is 1. The smallest absolute Gasteiger partial charge is 0.307 e. The molecule has 1 aromatic rings. The van der Waals surface area contributed by atoms with Crippen molar-refractivity contribution in [2.75, 3.05) is 13.1 Å². The third-order valence-electron chi connectivity index (χ3n) is 2.48. The van der Waals surface area contributed by atoms with Gasteiger partial charge in [-0.3, -0.25) is 14.7 Å². The largest absolute Gasteiger partial charge is 0.481 e. The van der Waals surface area contributed by atoms with E-state index in [4.69, 9.17) is 5.11 Å². The number of thiazole rings is 1. The Morgan fingerprint density at radius 2 is 2.64 bits per heavy atom. The van der Waals surface area contributed by atoms with Crippen LogP contribution in [0.5, 0.6) is 0 Å². The van der Waals surface area contributed by atoms with Gasteiger partial charge < -0.3 is 5.11 Å². The van der Waals surface area contributed by atoms with Crippen LogP contribution in [0, 0.1) is 5.92 Å². The lowest BCUT2D eigenvalue weighted by molar-refractivity contribution is -0.141. The van der Waals surface area contributed by atoms with Crippen molar-refractivity contribution in [3.05, 3.63) is 16.6 Å². The van der Waals surface area contributed by atoms with E-state index in [0.717, 1.165) is 19.5 Å². The van der Waals surface area contributed by atoms with Gasteiger partial charge in [0, 0.05) is 24.2 Å². The molecule has 0 aliphatic carbocycles. The van der Waals surface area contributed by atoms with Gasteiger partial charge in [0.25, 0.3) is 0 Å². The van der Waals surface area contributed by atoms with Crippen molar-refractivity contribution in [3.63, 3.8) is 0 Å². The van der Waals surface area contributed by atoms with Gasteiger partial charge in [-0.15, -0.1) is 11.3 Å². The number of hydrogen-bond donors (Lipinski definition) is 1. The quantitative estimate of drug-likeness (QED) is 0.813. The minimum absolute atomic E-state index is 0.178. The minimum atomic E-state index is -0.670. The highest BCUT2D eigenvalue weighted by atomic mass is 32.1. The van der Waals surface area contributed by atoms with Gasteiger partial charge in [0.15, 0.2) is 0 Å². The van der Waals surface area contributed by atoms with Gasteiger partial charge >= 0.3 is 5.97 Å². The van der Waals surface area contributed by atoms with Crippen molar-refractivity contribution in [2.45, 2.75) is 13.0 Å². The van der Waals surface area contributed by atoms with Crippen LogP contribution in [-0.2, 0) is 11.3 Å². The van der Waals surface area contributed by atoms with Crippen molar-refractivity contribution in [1.82, 2.24) is 9.88 Å². The predicted molar refractivity (Wildman–Crippen MR) is 53.1 cm³/mol. The number of hydrogen-bond acceptors (Lipinski definition) is 4. The zero-order chi connectivity index (χ0) is 9.97. The Morgan fingerprint density at radius 1 is 1.79 bits per heavy atom. The summed E-state index contributed by atoms with van der Waals surface area (Å²) in [6.07, 6.45) is 2.62. The summed E-state index contributed by atoms with van der Waals surface area (Å²) in [7, 11) is 0. The minimum Gasteiger partial charge on any atom is -0.481 e. The standard InChI is InChI=1S/C9H12N2O2S/c12-9(13)7-1-2-11(4-7)5-8-3-10-6-14-8/h3,6-7H,1-2,4-5H2,(H,12,13). The molecule has 1 aliphatic rings. The molecule has 2 heterocycles. The number of nitrogens with zero attached hydrogens (tertiary/aromatic N) is 2. The molecule has 0 radical (unpaired) electrons. The van der Waals surface area contributed by atoms with E-state index in [9.17, 15) is 4.79 Å². The number of carboxylic acids is 1. The molecule has 5 heteroatoms. The average molecular weight is 212 g/mol. The highest BCUT2D eigenvalue weighted by molar-refractivity contribution is 7.09. The summed E-state index contributed by atoms with van der Waals surface area (Å²) in [6.45, 7) is 2.40. The summed E-state index contributed by atoms with van der Waals surface area (Å²) in [4.78, 5) is 18.1. The lowest BCUT2D eigenvalue weighted by Gasteiger charge is -2.12. The maximum absolute atomic E-state index is 10.7. The zero-order valence-corrected chi connectivity index (χ0v) is 8.54. The Morgan fingerprint density at radius 3 is 3.21 bits per heavy atom. The van der Waals surface area contributed by atoms with Crippen molar-refractivity contribution >= 4 is 17.3 Å². The van der Waals surface area contributed by atoms with Gasteiger partial charge in [-0.05, 0) is 13.0 Å². The summed E-state index contributed by atoms with van der Waals surface area (Å²) >= 11 is 1.62. The fraction of sp³-hybridized carbons (Fsp3) is 0.556. The van der Waals surface area contributed by atoms with Gasteiger partial charge in [-0.25, -0.2) is 0 Å². The molecule has 1 aromatic heterocycles. The molecule has 1 fully saturated rings. The fourth-order valence-electron chi connectivity index (χ4n) is 1.72. The van der Waals surface area contributed by atoms with Crippen LogP contribution < -0.4 is 0 Å². The molecule has 2 rings (SSSR count). The molecule has 4 nitrogen and oxygen atoms in total. The van der Waals surface area contributed by atoms with Crippen molar-refractivity contribution in [1.29, 1.82) is 0 Å². The number of rotatable bonds is 3. The first-order chi connectivity index (χ1) is 6.75. The summed E-state index contributed by atoms with van der Waals surface area (Å²) in [5, 5.41) is 8.82. The number of likely N-dealkylation sites (tertiary alicyclic amines) is 1. The van der Waals surface area contributed by atoms with E-state index in [0.29, 0.717) is 6.54 Å². The van der Waals surface area contributed by atoms with E-state index in [1.807, 2.05) is 6.20 Å². The normalized spacial score (nSPS) is 22.7. The Bertz CT molecular complexity index is 313. The fourth-order valence-corrected chi connectivity index (χ4v) is 2.35. The van der Waals surface area contributed by atoms with Gasteiger partial charge in [0.05, 0.1) is 11.4 Å². The first-order valence-corrected chi connectivity index (χ1v) is 5.46. The second-order valence-corrected chi connectivity index (χ2v) is 4.50. The Kier molecular flexibility index (Phi) is 2.79. The first kappa shape index (κ1) is 9.61. The molecule has 0 amide bonds. The van der Waals surface area contributed by atoms with Crippen LogP contribution in [0.25, 0.3) is 0 Å². The molecule has 76 valence electrons. The molecule has 1 saturated heterocycles. The SMILES string of the molecule is O=C(O)C1CCN(Cc2cncs2)C1. The number of aromatic nitrogens is 1. The van der Waals surface area contributed by atoms with Gasteiger partial charge in [-0.1, -0.05) is 0 Å². The van der Waals surface area contributed by atoms with Crippen molar-refractivity contribution in [2.24, 2.45) is 5.92 Å². The van der Waals surface area contributed by atoms with E-state index in [-0.39, 0.29) is 5.92 Å². The Balaban J connectivity index is 1.87. The summed E-state index contributed by atoms with van der Waals surface area (Å²) in [5.41, 5.74) is 1.81.